The first kappa shape index (κ1) is 16.3. The van der Waals surface area contributed by atoms with Crippen molar-refractivity contribution < 1.29 is 48.4 Å². The molecule has 0 fully saturated rings. The van der Waals surface area contributed by atoms with Gasteiger partial charge in [-0.15, -0.1) is 6.58 Å². The predicted octanol–water partition coefficient (Wildman–Crippen LogP) is -1.87. The van der Waals surface area contributed by atoms with Gasteiger partial charge < -0.3 is 5.61 Å². The molecule has 0 aliphatic heterocycles. The zero-order valence-corrected chi connectivity index (χ0v) is 11.3. The summed E-state index contributed by atoms with van der Waals surface area (Å²) in [6.45, 7) is 8.32. The van der Waals surface area contributed by atoms with E-state index in [1.807, 2.05) is 0 Å². The third kappa shape index (κ3) is 8.50. The Morgan fingerprint density at radius 3 is 2.43 bits per heavy atom. The topological polar surface area (TPSA) is 60.4 Å². The van der Waals surface area contributed by atoms with E-state index in [0.29, 0.717) is 0 Å². The van der Waals surface area contributed by atoms with Crippen LogP contribution < -0.4 is 29.6 Å². The standard InChI is InChI=1S/C8H12O4S.Na.H/c1-4-8(9)12-13(10,11)6-5-7(2)3;;/h4H,1-2,5-6H2,3H3;;/q;+1;-1. The van der Waals surface area contributed by atoms with Crippen molar-refractivity contribution in [3.8, 4) is 0 Å². The Balaban J connectivity index is -0.000000720. The molecule has 0 radical (unpaired) electrons. The molecule has 0 heterocycles. The summed E-state index contributed by atoms with van der Waals surface area (Å²) in [5, 5.41) is 0. The molecule has 0 bridgehead atoms. The normalized spacial score (nSPS) is 9.79. The van der Waals surface area contributed by atoms with E-state index in [0.717, 1.165) is 11.6 Å². The molecule has 76 valence electrons. The minimum atomic E-state index is -3.77. The molecule has 0 spiro atoms. The molecular weight excluding hydrogens is 215 g/mol. The molecule has 14 heavy (non-hydrogen) atoms. The van der Waals surface area contributed by atoms with Crippen molar-refractivity contribution in [2.75, 3.05) is 5.75 Å². The summed E-state index contributed by atoms with van der Waals surface area (Å²) >= 11 is 0. The van der Waals surface area contributed by atoms with Crippen molar-refractivity contribution in [1.29, 1.82) is 0 Å². The fourth-order valence-electron chi connectivity index (χ4n) is 0.500. The smallest absolute Gasteiger partial charge is 1.00 e. The summed E-state index contributed by atoms with van der Waals surface area (Å²) in [7, 11) is -3.77. The second-order valence-corrected chi connectivity index (χ2v) is 4.27. The molecule has 0 aromatic carbocycles. The van der Waals surface area contributed by atoms with E-state index >= 15 is 0 Å². The largest absolute Gasteiger partial charge is 1.00 e. The second kappa shape index (κ2) is 7.23. The van der Waals surface area contributed by atoms with E-state index in [1.165, 1.54) is 0 Å². The quantitative estimate of drug-likeness (QED) is 0.239. The van der Waals surface area contributed by atoms with E-state index in [9.17, 15) is 13.2 Å². The zero-order valence-electron chi connectivity index (χ0n) is 9.45. The molecule has 0 saturated carbocycles. The molecule has 0 amide bonds. The molecule has 4 nitrogen and oxygen atoms in total. The third-order valence-electron chi connectivity index (χ3n) is 1.15. The Hall–Kier alpha value is -0.100. The Bertz CT molecular complexity index is 324. The van der Waals surface area contributed by atoms with Crippen LogP contribution >= 0.6 is 0 Å². The van der Waals surface area contributed by atoms with Crippen LogP contribution in [0.4, 0.5) is 0 Å². The van der Waals surface area contributed by atoms with Gasteiger partial charge >= 0.3 is 45.6 Å². The zero-order chi connectivity index (χ0) is 10.5. The van der Waals surface area contributed by atoms with Gasteiger partial charge in [-0.25, -0.2) is 4.79 Å². The van der Waals surface area contributed by atoms with Crippen LogP contribution in [-0.2, 0) is 19.1 Å². The predicted molar refractivity (Wildman–Crippen MR) is 50.6 cm³/mol. The number of allylic oxidation sites excluding steroid dienone is 1. The van der Waals surface area contributed by atoms with Crippen molar-refractivity contribution in [3.05, 3.63) is 24.8 Å². The van der Waals surface area contributed by atoms with Crippen molar-refractivity contribution in [3.63, 3.8) is 0 Å². The fourth-order valence-corrected chi connectivity index (χ4v) is 1.50. The van der Waals surface area contributed by atoms with Crippen molar-refractivity contribution in [2.24, 2.45) is 0 Å². The monoisotopic (exact) mass is 228 g/mol. The summed E-state index contributed by atoms with van der Waals surface area (Å²) in [5.74, 6) is -1.19. The van der Waals surface area contributed by atoms with E-state index < -0.39 is 16.1 Å². The van der Waals surface area contributed by atoms with Crippen LogP contribution in [-0.4, -0.2) is 20.1 Å². The molecule has 0 N–H and O–H groups in total. The SMILES string of the molecule is C=CC(=O)OS(=O)(=O)CCC(=C)C.[H-].[Na+]. The minimum Gasteiger partial charge on any atom is -1.00 e. The Labute approximate surface area is 108 Å². The van der Waals surface area contributed by atoms with Crippen molar-refractivity contribution in [1.82, 2.24) is 0 Å². The van der Waals surface area contributed by atoms with Crippen molar-refractivity contribution >= 4 is 16.1 Å². The van der Waals surface area contributed by atoms with E-state index in [4.69, 9.17) is 0 Å². The second-order valence-electron chi connectivity index (χ2n) is 2.58. The van der Waals surface area contributed by atoms with E-state index in [2.05, 4.69) is 17.3 Å². The van der Waals surface area contributed by atoms with Gasteiger partial charge in [0.05, 0.1) is 5.75 Å². The number of carbonyl (C=O) groups is 1. The molecule has 6 heteroatoms. The van der Waals surface area contributed by atoms with Gasteiger partial charge in [0, 0.05) is 6.08 Å². The summed E-state index contributed by atoms with van der Waals surface area (Å²) in [4.78, 5) is 10.5. The van der Waals surface area contributed by atoms with Gasteiger partial charge in [-0.05, 0) is 13.3 Å². The molecule has 0 aliphatic rings. The summed E-state index contributed by atoms with van der Waals surface area (Å²) < 4.78 is 26.1. The van der Waals surface area contributed by atoms with Crippen LogP contribution in [0.3, 0.4) is 0 Å². The van der Waals surface area contributed by atoms with Crippen LogP contribution in [0.1, 0.15) is 14.8 Å². The maximum atomic E-state index is 11.0. The van der Waals surface area contributed by atoms with Gasteiger partial charge in [0.15, 0.2) is 0 Å². The van der Waals surface area contributed by atoms with Crippen LogP contribution in [0, 0.1) is 0 Å². The number of carbonyl (C=O) groups excluding carboxylic acids is 1. The molecule has 0 saturated heterocycles. The van der Waals surface area contributed by atoms with E-state index in [1.54, 1.807) is 6.92 Å². The maximum absolute atomic E-state index is 11.0. The summed E-state index contributed by atoms with van der Waals surface area (Å²) in [6.07, 6.45) is 1.09. The first-order valence-corrected chi connectivity index (χ1v) is 5.18. The first-order valence-electron chi connectivity index (χ1n) is 3.60. The number of hydrogen-bond acceptors (Lipinski definition) is 4. The van der Waals surface area contributed by atoms with Gasteiger partial charge in [0.2, 0.25) is 0 Å². The average molecular weight is 228 g/mol. The molecular formula is C8H13NaO4S. The van der Waals surface area contributed by atoms with Crippen LogP contribution in [0.2, 0.25) is 0 Å². The number of rotatable bonds is 5. The van der Waals surface area contributed by atoms with Crippen LogP contribution in [0.5, 0.6) is 0 Å². The molecule has 0 rings (SSSR count). The Morgan fingerprint density at radius 1 is 1.57 bits per heavy atom. The van der Waals surface area contributed by atoms with Gasteiger partial charge in [0.25, 0.3) is 0 Å². The Morgan fingerprint density at radius 2 is 2.07 bits per heavy atom. The molecule has 0 atom stereocenters. The molecule has 0 aromatic rings. The minimum absolute atomic E-state index is 0. The fraction of sp³-hybridized carbons (Fsp3) is 0.375. The maximum Gasteiger partial charge on any atom is 1.00 e. The molecule has 0 unspecified atom stereocenters. The Kier molecular flexibility index (Phi) is 8.43. The van der Waals surface area contributed by atoms with Crippen LogP contribution in [0.15, 0.2) is 24.8 Å². The third-order valence-corrected chi connectivity index (χ3v) is 2.28. The first-order chi connectivity index (χ1) is 5.87. The van der Waals surface area contributed by atoms with Crippen LogP contribution in [0.25, 0.3) is 0 Å². The summed E-state index contributed by atoms with van der Waals surface area (Å²) in [6, 6.07) is 0. The van der Waals surface area contributed by atoms with E-state index in [-0.39, 0.29) is 43.2 Å². The summed E-state index contributed by atoms with van der Waals surface area (Å²) in [5.41, 5.74) is 0.721. The average Bonchev–Trinajstić information content (AvgIpc) is 2.00. The molecule has 0 aliphatic carbocycles. The van der Waals surface area contributed by atoms with Gasteiger partial charge in [-0.1, -0.05) is 12.2 Å². The van der Waals surface area contributed by atoms with Gasteiger partial charge in [-0.2, -0.15) is 8.42 Å². The van der Waals surface area contributed by atoms with Crippen molar-refractivity contribution in [2.45, 2.75) is 13.3 Å². The number of hydrogen-bond donors (Lipinski definition) is 0. The van der Waals surface area contributed by atoms with Gasteiger partial charge in [-0.3, -0.25) is 0 Å². The van der Waals surface area contributed by atoms with Gasteiger partial charge in [0.1, 0.15) is 0 Å². The molecule has 0 aromatic heterocycles.